The van der Waals surface area contributed by atoms with E-state index in [-0.39, 0.29) is 10.7 Å². The van der Waals surface area contributed by atoms with Gasteiger partial charge >= 0.3 is 12.3 Å². The lowest BCUT2D eigenvalue weighted by molar-refractivity contribution is -0.122. The second kappa shape index (κ2) is 5.97. The van der Waals surface area contributed by atoms with Gasteiger partial charge < -0.3 is 5.73 Å². The molecule has 0 unspecified atom stereocenters. The summed E-state index contributed by atoms with van der Waals surface area (Å²) < 4.78 is 74.3. The Morgan fingerprint density at radius 2 is 2.10 bits per heavy atom. The Balaban J connectivity index is 3.05. The zero-order chi connectivity index (χ0) is 15.6. The highest BCUT2D eigenvalue weighted by Crippen LogP contribution is 2.22. The minimum Gasteiger partial charge on any atom is -0.388 e. The lowest BCUT2D eigenvalue weighted by atomic mass is 10.3. The summed E-state index contributed by atoms with van der Waals surface area (Å²) in [6, 6.07) is 2.23. The molecule has 0 amide bonds. The van der Waals surface area contributed by atoms with Gasteiger partial charge in [-0.15, -0.1) is 0 Å². The fourth-order valence-electron chi connectivity index (χ4n) is 1.14. The van der Waals surface area contributed by atoms with Crippen molar-refractivity contribution in [1.82, 2.24) is 9.71 Å². The summed E-state index contributed by atoms with van der Waals surface area (Å²) in [5.74, 6) is -4.49. The molecule has 0 aromatic carbocycles. The largest absolute Gasteiger partial charge is 0.388 e. The van der Waals surface area contributed by atoms with E-state index in [1.807, 2.05) is 0 Å². The van der Waals surface area contributed by atoms with Crippen LogP contribution in [-0.4, -0.2) is 37.3 Å². The van der Waals surface area contributed by atoms with E-state index >= 15 is 0 Å². The maximum atomic E-state index is 12.7. The van der Waals surface area contributed by atoms with E-state index in [1.54, 1.807) is 0 Å². The first-order chi connectivity index (χ1) is 9.08. The first kappa shape index (κ1) is 16.7. The molecule has 0 aliphatic rings. The van der Waals surface area contributed by atoms with Gasteiger partial charge in [0.1, 0.15) is 15.6 Å². The van der Waals surface area contributed by atoms with Gasteiger partial charge in [-0.05, 0) is 12.1 Å². The Morgan fingerprint density at radius 1 is 1.50 bits per heavy atom. The van der Waals surface area contributed by atoms with Gasteiger partial charge in [-0.1, -0.05) is 12.2 Å². The van der Waals surface area contributed by atoms with Gasteiger partial charge in [0.25, 0.3) is 0 Å². The number of hydrogen-bond donors (Lipinski definition) is 2. The molecular formula is C9H9F4N3O2S2. The molecule has 0 aliphatic carbocycles. The van der Waals surface area contributed by atoms with Crippen molar-refractivity contribution in [3.8, 4) is 0 Å². The molecule has 0 radical (unpaired) electrons. The van der Waals surface area contributed by atoms with Gasteiger partial charge in [-0.2, -0.15) is 8.78 Å². The molecule has 0 saturated carbocycles. The summed E-state index contributed by atoms with van der Waals surface area (Å²) in [7, 11) is -4.50. The normalized spacial score (nSPS) is 12.7. The van der Waals surface area contributed by atoms with Crippen molar-refractivity contribution in [3.05, 3.63) is 24.0 Å². The molecule has 1 aromatic heterocycles. The molecule has 11 heteroatoms. The van der Waals surface area contributed by atoms with Gasteiger partial charge in [0.2, 0.25) is 10.0 Å². The molecule has 0 spiro atoms. The molecule has 112 valence electrons. The van der Waals surface area contributed by atoms with Crippen molar-refractivity contribution in [2.24, 2.45) is 5.73 Å². The third-order valence-electron chi connectivity index (χ3n) is 2.11. The van der Waals surface area contributed by atoms with Crippen molar-refractivity contribution in [1.29, 1.82) is 0 Å². The fraction of sp³-hybridized carbons (Fsp3) is 0.333. The number of nitrogens with one attached hydrogen (secondary N) is 1. The summed E-state index contributed by atoms with van der Waals surface area (Å²) in [4.78, 5) is 2.68. The number of hydrogen-bond acceptors (Lipinski definition) is 4. The van der Waals surface area contributed by atoms with Crippen LogP contribution in [0.1, 0.15) is 5.69 Å². The third kappa shape index (κ3) is 3.84. The van der Waals surface area contributed by atoms with E-state index in [4.69, 9.17) is 5.73 Å². The van der Waals surface area contributed by atoms with Crippen molar-refractivity contribution in [3.63, 3.8) is 0 Å². The molecule has 0 atom stereocenters. The predicted molar refractivity (Wildman–Crippen MR) is 66.3 cm³/mol. The van der Waals surface area contributed by atoms with Crippen LogP contribution in [0.2, 0.25) is 0 Å². The topological polar surface area (TPSA) is 85.1 Å². The van der Waals surface area contributed by atoms with Crippen LogP contribution in [-0.2, 0) is 10.0 Å². The van der Waals surface area contributed by atoms with Gasteiger partial charge in [-0.25, -0.2) is 21.9 Å². The first-order valence-corrected chi connectivity index (χ1v) is 6.87. The average molecular weight is 331 g/mol. The quantitative estimate of drug-likeness (QED) is 0.597. The number of nitrogens with two attached hydrogens (primary N) is 1. The molecule has 3 N–H and O–H groups in total. The number of halogens is 4. The van der Waals surface area contributed by atoms with Crippen LogP contribution in [0, 0.1) is 0 Å². The van der Waals surface area contributed by atoms with E-state index in [2.05, 4.69) is 17.2 Å². The average Bonchev–Trinajstić information content (AvgIpc) is 2.36. The van der Waals surface area contributed by atoms with E-state index in [0.29, 0.717) is 0 Å². The Hall–Kier alpha value is -1.33. The highest BCUT2D eigenvalue weighted by Gasteiger charge is 2.41. The second-order valence-corrected chi connectivity index (χ2v) is 5.78. The Morgan fingerprint density at radius 3 is 2.60 bits per heavy atom. The zero-order valence-corrected chi connectivity index (χ0v) is 11.3. The lowest BCUT2D eigenvalue weighted by Crippen LogP contribution is -2.41. The van der Waals surface area contributed by atoms with Crippen molar-refractivity contribution >= 4 is 27.2 Å². The number of alkyl halides is 4. The van der Waals surface area contributed by atoms with E-state index in [1.165, 1.54) is 17.0 Å². The van der Waals surface area contributed by atoms with Crippen LogP contribution < -0.4 is 10.5 Å². The standard InChI is InChI=1S/C9H9F4N3O2S2/c10-8(11)9(12,13)4-16-20(17,18)5-2-1-3-15-6(5)7(14)19/h1-3,8,16H,4H2,(H2,14,19). The van der Waals surface area contributed by atoms with Crippen LogP contribution in [0.4, 0.5) is 17.6 Å². The minimum absolute atomic E-state index is 0.310. The van der Waals surface area contributed by atoms with Crippen molar-refractivity contribution < 1.29 is 26.0 Å². The summed E-state index contributed by atoms with van der Waals surface area (Å²) in [5, 5.41) is 0. The molecule has 1 rings (SSSR count). The van der Waals surface area contributed by atoms with Crippen molar-refractivity contribution in [2.75, 3.05) is 6.54 Å². The van der Waals surface area contributed by atoms with Gasteiger partial charge in [-0.3, -0.25) is 4.98 Å². The number of aromatic nitrogens is 1. The number of pyridine rings is 1. The molecule has 5 nitrogen and oxygen atoms in total. The van der Waals surface area contributed by atoms with Crippen LogP contribution in [0.3, 0.4) is 0 Å². The summed E-state index contributed by atoms with van der Waals surface area (Å²) >= 11 is 4.57. The monoisotopic (exact) mass is 331 g/mol. The Labute approximate surface area is 117 Å². The molecule has 1 heterocycles. The Kier molecular flexibility index (Phi) is 5.00. The molecule has 0 bridgehead atoms. The number of nitrogens with zero attached hydrogens (tertiary/aromatic N) is 1. The predicted octanol–water partition coefficient (Wildman–Crippen LogP) is 0.895. The van der Waals surface area contributed by atoms with Crippen molar-refractivity contribution in [2.45, 2.75) is 17.2 Å². The summed E-state index contributed by atoms with van der Waals surface area (Å²) in [6.07, 6.45) is -2.80. The maximum absolute atomic E-state index is 12.7. The van der Waals surface area contributed by atoms with Gasteiger partial charge in [0.15, 0.2) is 0 Å². The highest BCUT2D eigenvalue weighted by molar-refractivity contribution is 7.89. The number of sulfonamides is 1. The summed E-state index contributed by atoms with van der Waals surface area (Å²) in [5.41, 5.74) is 4.94. The molecule has 1 aromatic rings. The third-order valence-corrected chi connectivity index (χ3v) is 3.74. The van der Waals surface area contributed by atoms with Crippen LogP contribution in [0.25, 0.3) is 0 Å². The molecule has 0 fully saturated rings. The Bertz CT molecular complexity index is 607. The molecule has 20 heavy (non-hydrogen) atoms. The second-order valence-electron chi connectivity index (χ2n) is 3.60. The van der Waals surface area contributed by atoms with Gasteiger partial charge in [0, 0.05) is 6.20 Å². The van der Waals surface area contributed by atoms with E-state index < -0.39 is 33.8 Å². The zero-order valence-electron chi connectivity index (χ0n) is 9.69. The lowest BCUT2D eigenvalue weighted by Gasteiger charge is -2.16. The van der Waals surface area contributed by atoms with E-state index in [0.717, 1.165) is 6.07 Å². The molecule has 0 saturated heterocycles. The fourth-order valence-corrected chi connectivity index (χ4v) is 2.58. The highest BCUT2D eigenvalue weighted by atomic mass is 32.2. The van der Waals surface area contributed by atoms with Crippen LogP contribution >= 0.6 is 12.2 Å². The van der Waals surface area contributed by atoms with E-state index in [9.17, 15) is 26.0 Å². The minimum atomic E-state index is -4.50. The molecule has 0 aliphatic heterocycles. The van der Waals surface area contributed by atoms with Gasteiger partial charge in [0.05, 0.1) is 6.54 Å². The van der Waals surface area contributed by atoms with Crippen LogP contribution in [0.15, 0.2) is 23.2 Å². The first-order valence-electron chi connectivity index (χ1n) is 4.98. The summed E-state index contributed by atoms with van der Waals surface area (Å²) in [6.45, 7) is -1.75. The number of thiocarbonyl (C=S) groups is 1. The smallest absolute Gasteiger partial charge is 0.320 e. The SMILES string of the molecule is NC(=S)c1ncccc1S(=O)(=O)NCC(F)(F)C(F)F. The number of rotatable bonds is 6. The molecular weight excluding hydrogens is 322 g/mol. The van der Waals surface area contributed by atoms with Crippen LogP contribution in [0.5, 0.6) is 0 Å². The maximum Gasteiger partial charge on any atom is 0.320 e.